The van der Waals surface area contributed by atoms with E-state index in [0.29, 0.717) is 35.8 Å². The van der Waals surface area contributed by atoms with E-state index in [4.69, 9.17) is 26.8 Å². The molecule has 0 unspecified atom stereocenters. The number of rotatable bonds is 8. The molecular weight excluding hydrogens is 684 g/mol. The largest absolute Gasteiger partial charge is 0.488 e. The Morgan fingerprint density at radius 3 is 1.58 bits per heavy atom. The highest BCUT2D eigenvalue weighted by Gasteiger charge is 2.07. The van der Waals surface area contributed by atoms with Crippen molar-refractivity contribution in [3.05, 3.63) is 174 Å². The first-order valence-corrected chi connectivity index (χ1v) is 17.1. The minimum absolute atomic E-state index is 0.461. The zero-order chi connectivity index (χ0) is 36.8. The molecule has 4 aromatic heterocycles. The fourth-order valence-corrected chi connectivity index (χ4v) is 5.58. The molecule has 0 aliphatic rings. The quantitative estimate of drug-likeness (QED) is 0.146. The summed E-state index contributed by atoms with van der Waals surface area (Å²) in [6.45, 7) is 5.16. The Balaban J connectivity index is 0.000000157. The first-order chi connectivity index (χ1) is 25.9. The summed E-state index contributed by atoms with van der Waals surface area (Å²) in [6.07, 6.45) is 13.0. The number of ether oxygens (including phenoxy) is 2. The lowest BCUT2D eigenvalue weighted by molar-refractivity contribution is 0.310. The van der Waals surface area contributed by atoms with Crippen LogP contribution in [0, 0.1) is 13.8 Å². The number of nitrogen functional groups attached to an aromatic ring is 1. The highest BCUT2D eigenvalue weighted by atomic mass is 35.5. The highest BCUT2D eigenvalue weighted by molar-refractivity contribution is 6.29. The van der Waals surface area contributed by atoms with E-state index in [1.165, 1.54) is 28.1 Å². The predicted octanol–water partition coefficient (Wildman–Crippen LogP) is 9.49. The van der Waals surface area contributed by atoms with Gasteiger partial charge in [-0.3, -0.25) is 9.97 Å². The predicted molar refractivity (Wildman–Crippen MR) is 211 cm³/mol. The van der Waals surface area contributed by atoms with Crippen LogP contribution < -0.4 is 20.5 Å². The van der Waals surface area contributed by atoms with E-state index >= 15 is 0 Å². The van der Waals surface area contributed by atoms with Gasteiger partial charge in [0.2, 0.25) is 0 Å². The summed E-state index contributed by atoms with van der Waals surface area (Å²) in [7, 11) is 0. The van der Waals surface area contributed by atoms with Gasteiger partial charge in [0, 0.05) is 48.0 Å². The molecule has 0 spiro atoms. The molecular formula is C42H37ClN8O2. The number of aromatic nitrogens is 6. The van der Waals surface area contributed by atoms with Gasteiger partial charge in [-0.2, -0.15) is 0 Å². The van der Waals surface area contributed by atoms with Gasteiger partial charge in [0.25, 0.3) is 0 Å². The summed E-state index contributed by atoms with van der Waals surface area (Å²) in [4.78, 5) is 23.9. The number of nitrogens with two attached hydrogens (primary N) is 1. The van der Waals surface area contributed by atoms with Crippen molar-refractivity contribution in [1.29, 1.82) is 0 Å². The lowest BCUT2D eigenvalue weighted by atomic mass is 10.0. The molecule has 53 heavy (non-hydrogen) atoms. The molecule has 0 atom stereocenters. The molecule has 10 nitrogen and oxygen atoms in total. The second-order valence-corrected chi connectivity index (χ2v) is 12.2. The van der Waals surface area contributed by atoms with Crippen molar-refractivity contribution in [2.75, 3.05) is 11.1 Å². The van der Waals surface area contributed by atoms with Gasteiger partial charge in [-0.15, -0.1) is 0 Å². The summed E-state index contributed by atoms with van der Waals surface area (Å²) < 4.78 is 12.0. The summed E-state index contributed by atoms with van der Waals surface area (Å²) in [5.74, 6) is 3.59. The van der Waals surface area contributed by atoms with E-state index in [2.05, 4.69) is 85.5 Å². The van der Waals surface area contributed by atoms with Crippen molar-refractivity contribution in [3.63, 3.8) is 0 Å². The first-order valence-electron chi connectivity index (χ1n) is 16.7. The van der Waals surface area contributed by atoms with Crippen LogP contribution in [0.2, 0.25) is 5.15 Å². The fourth-order valence-electron chi connectivity index (χ4n) is 5.39. The van der Waals surface area contributed by atoms with Crippen LogP contribution in [0.1, 0.15) is 22.3 Å². The minimum Gasteiger partial charge on any atom is -0.488 e. The van der Waals surface area contributed by atoms with Gasteiger partial charge in [-0.1, -0.05) is 72.3 Å². The molecule has 0 bridgehead atoms. The number of anilines is 3. The van der Waals surface area contributed by atoms with Gasteiger partial charge >= 0.3 is 0 Å². The van der Waals surface area contributed by atoms with Crippen molar-refractivity contribution in [2.24, 2.45) is 0 Å². The Kier molecular flexibility index (Phi) is 12.3. The minimum atomic E-state index is 0.461. The van der Waals surface area contributed by atoms with Gasteiger partial charge in [0.1, 0.15) is 47.3 Å². The van der Waals surface area contributed by atoms with E-state index < -0.39 is 0 Å². The van der Waals surface area contributed by atoms with Gasteiger partial charge in [-0.25, -0.2) is 19.9 Å². The van der Waals surface area contributed by atoms with Crippen LogP contribution in [-0.4, -0.2) is 29.9 Å². The van der Waals surface area contributed by atoms with Crippen LogP contribution in [0.3, 0.4) is 0 Å². The maximum atomic E-state index is 6.08. The van der Waals surface area contributed by atoms with Crippen molar-refractivity contribution < 1.29 is 9.47 Å². The standard InChI is InChI=1S/C21H18N4O.C17H14ClNO.C4H5N3/c1-15-6-7-19(18-5-3-2-4-17(15)18)26-14-16-8-9-23-20(12-16)25-21-13-22-10-11-24-21;1-12-6-7-16(15-5-3-2-4-14(12)15)20-11-13-8-9-19-17(18)10-13;5-4-3-6-1-2-7-4/h2-13H,14H2,1H3,(H,23,24,25);2-10H,11H2,1H3;1-3H,(H2,5,7). The van der Waals surface area contributed by atoms with E-state index in [1.807, 2.05) is 60.7 Å². The van der Waals surface area contributed by atoms with Crippen LogP contribution >= 0.6 is 11.6 Å². The van der Waals surface area contributed by atoms with Gasteiger partial charge in [0.15, 0.2) is 0 Å². The number of nitrogens with one attached hydrogen (secondary N) is 1. The van der Waals surface area contributed by atoms with Crippen molar-refractivity contribution in [1.82, 2.24) is 29.9 Å². The smallest absolute Gasteiger partial charge is 0.150 e. The van der Waals surface area contributed by atoms with Crippen LogP contribution in [0.25, 0.3) is 21.5 Å². The molecule has 264 valence electrons. The number of halogens is 1. The average Bonchev–Trinajstić information content (AvgIpc) is 3.19. The Morgan fingerprint density at radius 1 is 0.547 bits per heavy atom. The number of hydrogen-bond donors (Lipinski definition) is 2. The van der Waals surface area contributed by atoms with Gasteiger partial charge in [-0.05, 0) is 83.3 Å². The molecule has 0 fully saturated rings. The molecule has 0 saturated carbocycles. The number of benzene rings is 4. The topological polar surface area (TPSA) is 134 Å². The Bertz CT molecular complexity index is 2400. The monoisotopic (exact) mass is 720 g/mol. The third-order valence-corrected chi connectivity index (χ3v) is 8.22. The Labute approximate surface area is 312 Å². The molecule has 8 rings (SSSR count). The maximum absolute atomic E-state index is 6.08. The molecule has 11 heteroatoms. The van der Waals surface area contributed by atoms with Gasteiger partial charge < -0.3 is 20.5 Å². The number of nitrogens with zero attached hydrogens (tertiary/aromatic N) is 6. The normalized spacial score (nSPS) is 10.4. The number of pyridine rings is 2. The number of aryl methyl sites for hydroxylation is 2. The molecule has 0 amide bonds. The van der Waals surface area contributed by atoms with Crippen LogP contribution in [0.4, 0.5) is 17.5 Å². The van der Waals surface area contributed by atoms with E-state index in [-0.39, 0.29) is 0 Å². The first kappa shape index (κ1) is 36.2. The maximum Gasteiger partial charge on any atom is 0.150 e. The Morgan fingerprint density at radius 2 is 1.08 bits per heavy atom. The molecule has 8 aromatic rings. The van der Waals surface area contributed by atoms with E-state index in [9.17, 15) is 0 Å². The Hall–Kier alpha value is -6.65. The molecule has 0 radical (unpaired) electrons. The fraction of sp³-hybridized carbons (Fsp3) is 0.0952. The SMILES string of the molecule is Cc1ccc(OCc2ccnc(Cl)c2)c2ccccc12.Cc1ccc(OCc2ccnc(Nc3cnccn3)c2)c2ccccc12.Nc1cnccn1. The summed E-state index contributed by atoms with van der Waals surface area (Å²) in [5.41, 5.74) is 9.71. The molecule has 0 aliphatic carbocycles. The summed E-state index contributed by atoms with van der Waals surface area (Å²) >= 11 is 5.88. The van der Waals surface area contributed by atoms with Crippen LogP contribution in [0.5, 0.6) is 11.5 Å². The molecule has 4 heterocycles. The van der Waals surface area contributed by atoms with Crippen molar-refractivity contribution in [2.45, 2.75) is 27.1 Å². The highest BCUT2D eigenvalue weighted by Crippen LogP contribution is 2.30. The second-order valence-electron chi connectivity index (χ2n) is 11.8. The van der Waals surface area contributed by atoms with Gasteiger partial charge in [0.05, 0.1) is 12.4 Å². The van der Waals surface area contributed by atoms with Crippen LogP contribution in [0.15, 0.2) is 147 Å². The van der Waals surface area contributed by atoms with E-state index in [0.717, 1.165) is 33.4 Å². The number of fused-ring (bicyclic) bond motifs is 2. The third kappa shape index (κ3) is 10.2. The summed E-state index contributed by atoms with van der Waals surface area (Å²) in [5, 5.41) is 8.31. The molecule has 4 aromatic carbocycles. The molecule has 3 N–H and O–H groups in total. The van der Waals surface area contributed by atoms with Crippen molar-refractivity contribution in [3.8, 4) is 11.5 Å². The lowest BCUT2D eigenvalue weighted by Gasteiger charge is -2.12. The third-order valence-electron chi connectivity index (χ3n) is 8.01. The zero-order valence-corrected chi connectivity index (χ0v) is 30.0. The van der Waals surface area contributed by atoms with Crippen LogP contribution in [-0.2, 0) is 13.2 Å². The average molecular weight is 721 g/mol. The molecule has 0 saturated heterocycles. The second kappa shape index (κ2) is 18.0. The molecule has 0 aliphatic heterocycles. The summed E-state index contributed by atoms with van der Waals surface area (Å²) in [6, 6.07) is 32.4. The number of hydrogen-bond acceptors (Lipinski definition) is 10. The van der Waals surface area contributed by atoms with Crippen molar-refractivity contribution >= 4 is 50.6 Å². The lowest BCUT2D eigenvalue weighted by Crippen LogP contribution is -2.00. The zero-order valence-electron chi connectivity index (χ0n) is 29.2. The van der Waals surface area contributed by atoms with E-state index in [1.54, 1.807) is 43.4 Å².